The molecule has 2 aromatic heterocycles. The lowest BCUT2D eigenvalue weighted by Gasteiger charge is -2.26. The van der Waals surface area contributed by atoms with Crippen molar-refractivity contribution in [1.29, 1.82) is 0 Å². The highest BCUT2D eigenvalue weighted by atomic mass is 19.1. The van der Waals surface area contributed by atoms with E-state index in [1.54, 1.807) is 12.1 Å². The molecular formula is C29H20F3N5O4. The average molecular weight is 560 g/mol. The third-order valence-electron chi connectivity index (χ3n) is 6.86. The van der Waals surface area contributed by atoms with Gasteiger partial charge in [-0.25, -0.2) is 18.0 Å². The van der Waals surface area contributed by atoms with Gasteiger partial charge in [-0.15, -0.1) is 10.2 Å². The molecule has 1 unspecified atom stereocenters. The van der Waals surface area contributed by atoms with Crippen LogP contribution in [0.5, 0.6) is 0 Å². The van der Waals surface area contributed by atoms with Crippen LogP contribution in [-0.2, 0) is 19.3 Å². The lowest BCUT2D eigenvalue weighted by Crippen LogP contribution is -2.36. The second-order valence-corrected chi connectivity index (χ2v) is 9.50. The predicted molar refractivity (Wildman–Crippen MR) is 138 cm³/mol. The maximum absolute atomic E-state index is 14.7. The Kier molecular flexibility index (Phi) is 6.58. The summed E-state index contributed by atoms with van der Waals surface area (Å²) < 4.78 is 47.4. The second kappa shape index (κ2) is 10.4. The Balaban J connectivity index is 1.34. The molecule has 3 N–H and O–H groups in total. The zero-order valence-corrected chi connectivity index (χ0v) is 21.1. The molecule has 0 bridgehead atoms. The number of amides is 1. The zero-order valence-electron chi connectivity index (χ0n) is 21.1. The summed E-state index contributed by atoms with van der Waals surface area (Å²) in [6.45, 7) is 0. The Hall–Kier alpha value is -5.26. The minimum Gasteiger partial charge on any atom is -0.478 e. The fourth-order valence-corrected chi connectivity index (χ4v) is 4.92. The molecule has 0 aliphatic carbocycles. The van der Waals surface area contributed by atoms with Crippen LogP contribution in [0.15, 0.2) is 65.1 Å². The zero-order chi connectivity index (χ0) is 28.7. The summed E-state index contributed by atoms with van der Waals surface area (Å²) >= 11 is 0. The number of fused-ring (bicyclic) bond motifs is 1. The summed E-state index contributed by atoms with van der Waals surface area (Å²) in [6.07, 6.45) is 0.588. The summed E-state index contributed by atoms with van der Waals surface area (Å²) in [4.78, 5) is 24.5. The number of nitrogens with one attached hydrogen (secondary N) is 2. The van der Waals surface area contributed by atoms with Gasteiger partial charge in [-0.05, 0) is 54.4 Å². The Morgan fingerprint density at radius 1 is 0.976 bits per heavy atom. The number of benzene rings is 3. The molecule has 0 saturated carbocycles. The number of aryl methyl sites for hydroxylation is 2. The van der Waals surface area contributed by atoms with Crippen molar-refractivity contribution in [3.8, 4) is 22.6 Å². The van der Waals surface area contributed by atoms with E-state index in [4.69, 9.17) is 4.42 Å². The van der Waals surface area contributed by atoms with Crippen molar-refractivity contribution in [2.24, 2.45) is 0 Å². The minimum atomic E-state index is -1.12. The molecule has 9 nitrogen and oxygen atoms in total. The number of aromatic nitrogens is 4. The van der Waals surface area contributed by atoms with Crippen LogP contribution in [0.1, 0.15) is 49.6 Å². The molecule has 41 heavy (non-hydrogen) atoms. The monoisotopic (exact) mass is 559 g/mol. The SMILES string of the molecule is O=C(O)c1cccc(-c2c(C3Cc4c(F)cc(F)cc4C(=O)N3)n[nH]c2CCc2nnc(-c3ccc(F)cc3)o2)c1. The smallest absolute Gasteiger partial charge is 0.335 e. The Morgan fingerprint density at radius 3 is 2.56 bits per heavy atom. The number of halogens is 3. The van der Waals surface area contributed by atoms with Crippen molar-refractivity contribution in [1.82, 2.24) is 25.7 Å². The molecule has 0 fully saturated rings. The lowest BCUT2D eigenvalue weighted by molar-refractivity contribution is 0.0696. The molecule has 206 valence electrons. The van der Waals surface area contributed by atoms with E-state index < -0.39 is 35.4 Å². The van der Waals surface area contributed by atoms with Gasteiger partial charge in [-0.1, -0.05) is 12.1 Å². The van der Waals surface area contributed by atoms with Gasteiger partial charge in [0, 0.05) is 46.9 Å². The molecule has 5 aromatic rings. The normalized spacial score (nSPS) is 14.5. The van der Waals surface area contributed by atoms with Crippen LogP contribution in [0.2, 0.25) is 0 Å². The number of carboxylic acid groups (broad SMARTS) is 1. The fraction of sp³-hybridized carbons (Fsp3) is 0.138. The van der Waals surface area contributed by atoms with Gasteiger partial charge >= 0.3 is 5.97 Å². The fourth-order valence-electron chi connectivity index (χ4n) is 4.92. The van der Waals surface area contributed by atoms with Crippen LogP contribution < -0.4 is 5.32 Å². The molecule has 3 heterocycles. The molecular weight excluding hydrogens is 539 g/mol. The minimum absolute atomic E-state index is 0.00773. The molecule has 1 atom stereocenters. The number of aromatic amines is 1. The number of H-pyrrole nitrogens is 1. The summed E-state index contributed by atoms with van der Waals surface area (Å²) in [5.41, 5.74) is 2.57. The molecule has 3 aromatic carbocycles. The molecule has 1 aliphatic heterocycles. The first-order chi connectivity index (χ1) is 19.8. The van der Waals surface area contributed by atoms with Crippen LogP contribution >= 0.6 is 0 Å². The van der Waals surface area contributed by atoms with E-state index in [-0.39, 0.29) is 35.4 Å². The molecule has 6 rings (SSSR count). The predicted octanol–water partition coefficient (Wildman–Crippen LogP) is 5.05. The standard InChI is InChI=1S/C29H20F3N5O4/c30-17-6-4-14(5-7-17)28-37-35-24(41-28)9-8-22-25(15-2-1-3-16(10-15)29(39)40)26(36-34-22)23-13-19-20(27(38)33-23)11-18(31)12-21(19)32/h1-7,10-12,23H,8-9,13H2,(H,33,38)(H,34,36)(H,39,40). The summed E-state index contributed by atoms with van der Waals surface area (Å²) in [5, 5.41) is 27.8. The van der Waals surface area contributed by atoms with E-state index in [1.807, 2.05) is 0 Å². The van der Waals surface area contributed by atoms with Gasteiger partial charge in [-0.3, -0.25) is 9.89 Å². The number of hydrogen-bond acceptors (Lipinski definition) is 6. The van der Waals surface area contributed by atoms with Crippen molar-refractivity contribution in [3.63, 3.8) is 0 Å². The Bertz CT molecular complexity index is 1800. The van der Waals surface area contributed by atoms with Crippen LogP contribution in [0, 0.1) is 17.5 Å². The van der Waals surface area contributed by atoms with Gasteiger partial charge in [0.2, 0.25) is 11.8 Å². The van der Waals surface area contributed by atoms with Crippen LogP contribution in [0.4, 0.5) is 13.2 Å². The maximum atomic E-state index is 14.7. The Morgan fingerprint density at radius 2 is 1.78 bits per heavy atom. The largest absolute Gasteiger partial charge is 0.478 e. The number of rotatable bonds is 7. The van der Waals surface area contributed by atoms with Crippen molar-refractivity contribution >= 4 is 11.9 Å². The number of carbonyl (C=O) groups excluding carboxylic acids is 1. The number of carbonyl (C=O) groups is 2. The van der Waals surface area contributed by atoms with Gasteiger partial charge < -0.3 is 14.8 Å². The second-order valence-electron chi connectivity index (χ2n) is 9.50. The summed E-state index contributed by atoms with van der Waals surface area (Å²) in [6, 6.07) is 12.8. The summed E-state index contributed by atoms with van der Waals surface area (Å²) in [7, 11) is 0. The van der Waals surface area contributed by atoms with E-state index in [0.29, 0.717) is 40.4 Å². The molecule has 12 heteroatoms. The average Bonchev–Trinajstić information content (AvgIpc) is 3.60. The third kappa shape index (κ3) is 5.07. The van der Waals surface area contributed by atoms with Crippen LogP contribution in [-0.4, -0.2) is 37.4 Å². The molecule has 0 radical (unpaired) electrons. The topological polar surface area (TPSA) is 134 Å². The highest BCUT2D eigenvalue weighted by molar-refractivity contribution is 5.97. The first-order valence-corrected chi connectivity index (χ1v) is 12.5. The van der Waals surface area contributed by atoms with Crippen molar-refractivity contribution in [2.75, 3.05) is 0 Å². The Labute approximate surface area is 230 Å². The summed E-state index contributed by atoms with van der Waals surface area (Å²) in [5.74, 6) is -3.33. The third-order valence-corrected chi connectivity index (χ3v) is 6.86. The van der Waals surface area contributed by atoms with Crippen LogP contribution in [0.25, 0.3) is 22.6 Å². The van der Waals surface area contributed by atoms with Gasteiger partial charge in [0.15, 0.2) is 0 Å². The van der Waals surface area contributed by atoms with Crippen molar-refractivity contribution < 1.29 is 32.3 Å². The maximum Gasteiger partial charge on any atom is 0.335 e. The van der Waals surface area contributed by atoms with E-state index in [2.05, 4.69) is 25.7 Å². The highest BCUT2D eigenvalue weighted by Crippen LogP contribution is 2.36. The molecule has 0 spiro atoms. The molecule has 0 saturated heterocycles. The van der Waals surface area contributed by atoms with Crippen molar-refractivity contribution in [3.05, 3.63) is 112 Å². The van der Waals surface area contributed by atoms with Gasteiger partial charge in [0.25, 0.3) is 5.91 Å². The number of carboxylic acids is 1. The highest BCUT2D eigenvalue weighted by Gasteiger charge is 2.32. The quantitative estimate of drug-likeness (QED) is 0.254. The van der Waals surface area contributed by atoms with E-state index in [0.717, 1.165) is 12.1 Å². The number of nitrogens with zero attached hydrogens (tertiary/aromatic N) is 3. The van der Waals surface area contributed by atoms with Crippen LogP contribution in [0.3, 0.4) is 0 Å². The van der Waals surface area contributed by atoms with Gasteiger partial charge in [0.1, 0.15) is 17.5 Å². The van der Waals surface area contributed by atoms with Gasteiger partial charge in [-0.2, -0.15) is 5.10 Å². The number of aromatic carboxylic acids is 1. The first-order valence-electron chi connectivity index (χ1n) is 12.5. The molecule has 1 aliphatic rings. The molecule has 1 amide bonds. The van der Waals surface area contributed by atoms with E-state index in [1.165, 1.54) is 36.4 Å². The van der Waals surface area contributed by atoms with Crippen molar-refractivity contribution in [2.45, 2.75) is 25.3 Å². The first kappa shape index (κ1) is 26.0. The van der Waals surface area contributed by atoms with E-state index in [9.17, 15) is 27.9 Å². The number of hydrogen-bond donors (Lipinski definition) is 3. The lowest BCUT2D eigenvalue weighted by atomic mass is 9.89. The van der Waals surface area contributed by atoms with E-state index >= 15 is 0 Å². The van der Waals surface area contributed by atoms with Gasteiger partial charge in [0.05, 0.1) is 17.3 Å².